The second kappa shape index (κ2) is 14.6. The first kappa shape index (κ1) is 34.9. The molecule has 1 heterocycles. The SMILES string of the molecule is N#Cc1ccc(-c2cccc(-c3nc(-c4ccccc4)nc(-c4ccc(-c5ccc(-c6c7ccccc7cc7c6ccc6ccccc67)c6ccccc56)cc4)n3)c2)cc1. The summed E-state index contributed by atoms with van der Waals surface area (Å²) in [6, 6.07) is 74.3. The van der Waals surface area contributed by atoms with Crippen LogP contribution in [0.2, 0.25) is 0 Å². The van der Waals surface area contributed by atoms with Gasteiger partial charge in [0.1, 0.15) is 0 Å². The summed E-state index contributed by atoms with van der Waals surface area (Å²) in [6.45, 7) is 0. The van der Waals surface area contributed by atoms with Crippen LogP contribution in [0, 0.1) is 11.3 Å². The van der Waals surface area contributed by atoms with Crippen LogP contribution in [-0.2, 0) is 0 Å². The minimum atomic E-state index is 0.592. The third kappa shape index (κ3) is 6.14. The summed E-state index contributed by atoms with van der Waals surface area (Å²) in [6.07, 6.45) is 0. The first-order valence-electron chi connectivity index (χ1n) is 20.1. The minimum Gasteiger partial charge on any atom is -0.208 e. The van der Waals surface area contributed by atoms with Crippen LogP contribution in [0.3, 0.4) is 0 Å². The van der Waals surface area contributed by atoms with E-state index >= 15 is 0 Å². The number of nitrogens with zero attached hydrogens (tertiary/aromatic N) is 4. The Hall–Kier alpha value is -8.26. The number of benzene rings is 10. The zero-order valence-electron chi connectivity index (χ0n) is 32.4. The van der Waals surface area contributed by atoms with E-state index in [1.807, 2.05) is 66.7 Å². The Morgan fingerprint density at radius 1 is 0.300 bits per heavy atom. The van der Waals surface area contributed by atoms with E-state index in [0.29, 0.717) is 23.0 Å². The maximum Gasteiger partial charge on any atom is 0.164 e. The molecule has 278 valence electrons. The van der Waals surface area contributed by atoms with E-state index in [2.05, 4.69) is 146 Å². The summed E-state index contributed by atoms with van der Waals surface area (Å²) in [5.41, 5.74) is 10.1. The number of fused-ring (bicyclic) bond motifs is 5. The number of hydrogen-bond donors (Lipinski definition) is 0. The maximum atomic E-state index is 9.31. The Kier molecular flexibility index (Phi) is 8.50. The fourth-order valence-corrected chi connectivity index (χ4v) is 8.60. The molecule has 0 unspecified atom stereocenters. The number of rotatable bonds is 6. The standard InChI is InChI=1S/C56H34N4/c57-35-36-21-23-37(24-22-36)42-15-10-16-44(33-42)56-59-54(40-12-2-1-3-13-40)58-55(60-56)41-27-25-39(26-28-41)46-31-32-50(49-20-9-8-19-48(46)49)53-47-18-7-5-14-43(47)34-52-45-17-6-4-11-38(45)29-30-51(52)53/h1-34H. The van der Waals surface area contributed by atoms with Crippen LogP contribution in [0.1, 0.15) is 5.56 Å². The zero-order chi connectivity index (χ0) is 40.0. The quantitative estimate of drug-likeness (QED) is 0.125. The lowest BCUT2D eigenvalue weighted by molar-refractivity contribution is 1.07. The number of nitriles is 1. The number of aromatic nitrogens is 3. The second-order valence-electron chi connectivity index (χ2n) is 15.1. The van der Waals surface area contributed by atoms with Gasteiger partial charge in [0.05, 0.1) is 11.6 Å². The lowest BCUT2D eigenvalue weighted by Gasteiger charge is -2.17. The molecule has 60 heavy (non-hydrogen) atoms. The van der Waals surface area contributed by atoms with Crippen LogP contribution < -0.4 is 0 Å². The van der Waals surface area contributed by atoms with E-state index in [1.165, 1.54) is 54.2 Å². The van der Waals surface area contributed by atoms with Gasteiger partial charge in [-0.3, -0.25) is 0 Å². The largest absolute Gasteiger partial charge is 0.208 e. The first-order chi connectivity index (χ1) is 29.7. The molecule has 0 radical (unpaired) electrons. The Bertz CT molecular complexity index is 3480. The van der Waals surface area contributed by atoms with Gasteiger partial charge in [-0.05, 0) is 101 Å². The summed E-state index contributed by atoms with van der Waals surface area (Å²) in [4.78, 5) is 15.1. The Balaban J connectivity index is 1.01. The van der Waals surface area contributed by atoms with Crippen LogP contribution in [0.5, 0.6) is 0 Å². The minimum absolute atomic E-state index is 0.592. The van der Waals surface area contributed by atoms with Crippen molar-refractivity contribution in [3.63, 3.8) is 0 Å². The molecule has 1 aromatic heterocycles. The monoisotopic (exact) mass is 762 g/mol. The van der Waals surface area contributed by atoms with Crippen molar-refractivity contribution in [3.05, 3.63) is 212 Å². The molecule has 0 spiro atoms. The van der Waals surface area contributed by atoms with Crippen molar-refractivity contribution in [2.75, 3.05) is 0 Å². The summed E-state index contributed by atoms with van der Waals surface area (Å²) in [5, 5.41) is 19.2. The van der Waals surface area contributed by atoms with E-state index in [9.17, 15) is 5.26 Å². The highest BCUT2D eigenvalue weighted by Gasteiger charge is 2.18. The van der Waals surface area contributed by atoms with Crippen LogP contribution >= 0.6 is 0 Å². The Morgan fingerprint density at radius 2 is 0.833 bits per heavy atom. The summed E-state index contributed by atoms with van der Waals surface area (Å²) in [5.74, 6) is 1.80. The Morgan fingerprint density at radius 3 is 1.57 bits per heavy atom. The predicted molar refractivity (Wildman–Crippen MR) is 247 cm³/mol. The molecular weight excluding hydrogens is 729 g/mol. The van der Waals surface area contributed by atoms with Crippen molar-refractivity contribution < 1.29 is 0 Å². The zero-order valence-corrected chi connectivity index (χ0v) is 32.4. The van der Waals surface area contributed by atoms with E-state index in [1.54, 1.807) is 0 Å². The smallest absolute Gasteiger partial charge is 0.164 e. The lowest BCUT2D eigenvalue weighted by Crippen LogP contribution is -2.00. The van der Waals surface area contributed by atoms with Crippen molar-refractivity contribution in [1.29, 1.82) is 5.26 Å². The molecule has 0 aliphatic carbocycles. The molecule has 0 amide bonds. The van der Waals surface area contributed by atoms with Gasteiger partial charge in [-0.15, -0.1) is 0 Å². The highest BCUT2D eigenvalue weighted by atomic mass is 15.0. The lowest BCUT2D eigenvalue weighted by atomic mass is 9.86. The topological polar surface area (TPSA) is 62.5 Å². The summed E-state index contributed by atoms with van der Waals surface area (Å²) >= 11 is 0. The molecule has 4 nitrogen and oxygen atoms in total. The molecular formula is C56H34N4. The van der Waals surface area contributed by atoms with Gasteiger partial charge in [-0.25, -0.2) is 15.0 Å². The molecule has 0 aliphatic rings. The molecule has 0 atom stereocenters. The molecule has 0 saturated heterocycles. The van der Waals surface area contributed by atoms with Crippen LogP contribution in [0.15, 0.2) is 206 Å². The van der Waals surface area contributed by atoms with Gasteiger partial charge >= 0.3 is 0 Å². The fraction of sp³-hybridized carbons (Fsp3) is 0. The molecule has 11 rings (SSSR count). The van der Waals surface area contributed by atoms with Gasteiger partial charge in [0, 0.05) is 16.7 Å². The second-order valence-corrected chi connectivity index (χ2v) is 15.1. The van der Waals surface area contributed by atoms with Crippen LogP contribution in [-0.4, -0.2) is 15.0 Å². The molecule has 11 aromatic rings. The predicted octanol–water partition coefficient (Wildman–Crippen LogP) is 14.4. The third-order valence-electron chi connectivity index (χ3n) is 11.6. The molecule has 0 saturated carbocycles. The van der Waals surface area contributed by atoms with Gasteiger partial charge in [-0.2, -0.15) is 5.26 Å². The van der Waals surface area contributed by atoms with Gasteiger partial charge in [0.2, 0.25) is 0 Å². The van der Waals surface area contributed by atoms with Gasteiger partial charge in [0.25, 0.3) is 0 Å². The van der Waals surface area contributed by atoms with Crippen LogP contribution in [0.25, 0.3) is 111 Å². The normalized spacial score (nSPS) is 11.3. The van der Waals surface area contributed by atoms with E-state index < -0.39 is 0 Å². The third-order valence-corrected chi connectivity index (χ3v) is 11.6. The summed E-state index contributed by atoms with van der Waals surface area (Å²) in [7, 11) is 0. The van der Waals surface area contributed by atoms with E-state index in [-0.39, 0.29) is 0 Å². The fourth-order valence-electron chi connectivity index (χ4n) is 8.60. The first-order valence-corrected chi connectivity index (χ1v) is 20.1. The summed E-state index contributed by atoms with van der Waals surface area (Å²) < 4.78 is 0. The maximum absolute atomic E-state index is 9.31. The highest BCUT2D eigenvalue weighted by molar-refractivity contribution is 6.23. The average Bonchev–Trinajstić information content (AvgIpc) is 3.33. The molecule has 0 bridgehead atoms. The molecule has 0 aliphatic heterocycles. The molecule has 0 N–H and O–H groups in total. The Labute approximate surface area is 347 Å². The van der Waals surface area contributed by atoms with Crippen molar-refractivity contribution >= 4 is 43.1 Å². The van der Waals surface area contributed by atoms with Gasteiger partial charge in [-0.1, -0.05) is 182 Å². The molecule has 10 aromatic carbocycles. The average molecular weight is 763 g/mol. The molecule has 4 heteroatoms. The van der Waals surface area contributed by atoms with Crippen molar-refractivity contribution in [2.45, 2.75) is 0 Å². The van der Waals surface area contributed by atoms with Crippen molar-refractivity contribution in [3.8, 4) is 73.6 Å². The molecule has 0 fully saturated rings. The van der Waals surface area contributed by atoms with Crippen molar-refractivity contribution in [1.82, 2.24) is 15.0 Å². The van der Waals surface area contributed by atoms with Crippen LogP contribution in [0.4, 0.5) is 0 Å². The van der Waals surface area contributed by atoms with E-state index in [0.717, 1.165) is 38.9 Å². The van der Waals surface area contributed by atoms with E-state index in [4.69, 9.17) is 15.0 Å². The van der Waals surface area contributed by atoms with Crippen molar-refractivity contribution in [2.24, 2.45) is 0 Å². The highest BCUT2D eigenvalue weighted by Crippen LogP contribution is 2.44. The van der Waals surface area contributed by atoms with Gasteiger partial charge in [0.15, 0.2) is 17.5 Å². The number of hydrogen-bond acceptors (Lipinski definition) is 4. The van der Waals surface area contributed by atoms with Gasteiger partial charge < -0.3 is 0 Å².